The molecule has 0 aliphatic heterocycles. The molecular formula is C20H15ClN2O2S. The first kappa shape index (κ1) is 17.0. The Kier molecular flexibility index (Phi) is 4.59. The molecule has 130 valence electrons. The Morgan fingerprint density at radius 1 is 1.04 bits per heavy atom. The number of aliphatic hydroxyl groups is 1. The lowest BCUT2D eigenvalue weighted by atomic mass is 10.1. The van der Waals surface area contributed by atoms with Crippen LogP contribution in [0.25, 0.3) is 21.3 Å². The molecule has 4 rings (SSSR count). The first-order valence-electron chi connectivity index (χ1n) is 8.11. The highest BCUT2D eigenvalue weighted by atomic mass is 35.5. The van der Waals surface area contributed by atoms with Gasteiger partial charge >= 0.3 is 0 Å². The van der Waals surface area contributed by atoms with Crippen LogP contribution in [0.15, 0.2) is 70.8 Å². The third kappa shape index (κ3) is 3.05. The molecule has 1 unspecified atom stereocenters. The number of nitrogens with zero attached hydrogens (tertiary/aromatic N) is 2. The fourth-order valence-electron chi connectivity index (χ4n) is 2.96. The lowest BCUT2D eigenvalue weighted by Crippen LogP contribution is -2.26. The Labute approximate surface area is 158 Å². The zero-order valence-corrected chi connectivity index (χ0v) is 15.2. The van der Waals surface area contributed by atoms with Gasteiger partial charge in [0.25, 0.3) is 5.56 Å². The van der Waals surface area contributed by atoms with Crippen molar-refractivity contribution in [1.82, 2.24) is 9.78 Å². The van der Waals surface area contributed by atoms with Gasteiger partial charge in [0.1, 0.15) is 11.8 Å². The summed E-state index contributed by atoms with van der Waals surface area (Å²) in [6.45, 7) is 0.0335. The van der Waals surface area contributed by atoms with Gasteiger partial charge in [-0.15, -0.1) is 11.3 Å². The number of aromatic nitrogens is 2. The molecule has 2 aromatic carbocycles. The van der Waals surface area contributed by atoms with Crippen LogP contribution in [0.1, 0.15) is 11.7 Å². The second-order valence-electron chi connectivity index (χ2n) is 5.90. The topological polar surface area (TPSA) is 55.1 Å². The summed E-state index contributed by atoms with van der Waals surface area (Å²) in [4.78, 5) is 13.8. The normalized spacial score (nSPS) is 12.4. The van der Waals surface area contributed by atoms with Crippen molar-refractivity contribution in [2.24, 2.45) is 0 Å². The van der Waals surface area contributed by atoms with Gasteiger partial charge in [-0.25, -0.2) is 4.68 Å². The first-order valence-corrected chi connectivity index (χ1v) is 9.37. The molecule has 0 bridgehead atoms. The number of rotatable bonds is 4. The van der Waals surface area contributed by atoms with Crippen LogP contribution >= 0.6 is 22.9 Å². The van der Waals surface area contributed by atoms with E-state index in [2.05, 4.69) is 5.10 Å². The molecule has 0 spiro atoms. The lowest BCUT2D eigenvalue weighted by Gasteiger charge is -2.15. The summed E-state index contributed by atoms with van der Waals surface area (Å²) in [5, 5.41) is 19.0. The van der Waals surface area contributed by atoms with E-state index in [-0.39, 0.29) is 12.1 Å². The monoisotopic (exact) mass is 382 g/mol. The summed E-state index contributed by atoms with van der Waals surface area (Å²) in [6, 6.07) is 18.4. The van der Waals surface area contributed by atoms with Crippen molar-refractivity contribution >= 4 is 33.7 Å². The van der Waals surface area contributed by atoms with E-state index in [1.54, 1.807) is 41.7 Å². The van der Waals surface area contributed by atoms with Gasteiger partial charge in [-0.1, -0.05) is 54.1 Å². The molecule has 2 aromatic heterocycles. The summed E-state index contributed by atoms with van der Waals surface area (Å²) in [5.41, 5.74) is 1.09. The largest absolute Gasteiger partial charge is 0.386 e. The zero-order chi connectivity index (χ0) is 18.1. The van der Waals surface area contributed by atoms with Gasteiger partial charge < -0.3 is 5.11 Å². The Hall–Kier alpha value is -2.47. The highest BCUT2D eigenvalue weighted by molar-refractivity contribution is 7.13. The van der Waals surface area contributed by atoms with E-state index >= 15 is 0 Å². The van der Waals surface area contributed by atoms with Gasteiger partial charge in [0.15, 0.2) is 0 Å². The van der Waals surface area contributed by atoms with Crippen LogP contribution in [0.3, 0.4) is 0 Å². The number of fused-ring (bicyclic) bond motifs is 1. The van der Waals surface area contributed by atoms with Crippen LogP contribution in [-0.2, 0) is 6.54 Å². The van der Waals surface area contributed by atoms with Crippen LogP contribution in [0.2, 0.25) is 5.02 Å². The quantitative estimate of drug-likeness (QED) is 0.565. The molecule has 0 saturated carbocycles. The number of aliphatic hydroxyl groups excluding tert-OH is 1. The summed E-state index contributed by atoms with van der Waals surface area (Å²) in [6.07, 6.45) is -0.925. The fourth-order valence-corrected chi connectivity index (χ4v) is 3.95. The van der Waals surface area contributed by atoms with E-state index in [1.807, 2.05) is 35.7 Å². The fraction of sp³-hybridized carbons (Fsp3) is 0.100. The minimum absolute atomic E-state index is 0.0335. The van der Waals surface area contributed by atoms with Crippen molar-refractivity contribution in [3.05, 3.63) is 87.0 Å². The summed E-state index contributed by atoms with van der Waals surface area (Å²) in [5.74, 6) is 0. The molecule has 1 N–H and O–H groups in total. The molecule has 0 aliphatic carbocycles. The molecule has 26 heavy (non-hydrogen) atoms. The molecule has 0 fully saturated rings. The number of benzene rings is 2. The minimum atomic E-state index is -0.925. The van der Waals surface area contributed by atoms with E-state index in [0.717, 1.165) is 16.0 Å². The highest BCUT2D eigenvalue weighted by Crippen LogP contribution is 2.29. The van der Waals surface area contributed by atoms with Gasteiger partial charge in [-0.3, -0.25) is 4.79 Å². The zero-order valence-electron chi connectivity index (χ0n) is 13.7. The molecule has 1 atom stereocenters. The van der Waals surface area contributed by atoms with E-state index in [1.165, 1.54) is 4.68 Å². The molecule has 0 radical (unpaired) electrons. The molecule has 4 aromatic rings. The average Bonchev–Trinajstić information content (AvgIpc) is 3.19. The van der Waals surface area contributed by atoms with Gasteiger partial charge in [0.2, 0.25) is 0 Å². The van der Waals surface area contributed by atoms with Gasteiger partial charge in [-0.2, -0.15) is 5.10 Å². The summed E-state index contributed by atoms with van der Waals surface area (Å²) in [7, 11) is 0. The Balaban J connectivity index is 1.84. The Morgan fingerprint density at radius 2 is 1.77 bits per heavy atom. The minimum Gasteiger partial charge on any atom is -0.386 e. The van der Waals surface area contributed by atoms with E-state index in [0.29, 0.717) is 16.0 Å². The standard InChI is InChI=1S/C20H15ClN2O2S/c21-16-9-4-3-8-15(16)17(24)12-23-20(25)14-7-2-1-6-13(14)19(22-23)18-10-5-11-26-18/h1-11,17,24H,12H2. The van der Waals surface area contributed by atoms with Crippen molar-refractivity contribution in [1.29, 1.82) is 0 Å². The predicted octanol–water partition coefficient (Wildman–Crippen LogP) is 4.51. The van der Waals surface area contributed by atoms with Crippen LogP contribution in [0.5, 0.6) is 0 Å². The SMILES string of the molecule is O=c1c2ccccc2c(-c2cccs2)nn1CC(O)c1ccccc1Cl. The second kappa shape index (κ2) is 7.03. The van der Waals surface area contributed by atoms with Crippen LogP contribution in [0, 0.1) is 0 Å². The molecule has 6 heteroatoms. The summed E-state index contributed by atoms with van der Waals surface area (Å²) >= 11 is 7.73. The van der Waals surface area contributed by atoms with E-state index < -0.39 is 6.10 Å². The maximum absolute atomic E-state index is 12.9. The maximum Gasteiger partial charge on any atom is 0.274 e. The number of thiophene rings is 1. The van der Waals surface area contributed by atoms with Crippen molar-refractivity contribution in [2.75, 3.05) is 0 Å². The Bertz CT molecular complexity index is 1120. The van der Waals surface area contributed by atoms with Crippen molar-refractivity contribution in [3.63, 3.8) is 0 Å². The molecule has 0 saturated heterocycles. The van der Waals surface area contributed by atoms with E-state index in [9.17, 15) is 9.90 Å². The molecular weight excluding hydrogens is 368 g/mol. The summed E-state index contributed by atoms with van der Waals surface area (Å²) < 4.78 is 1.32. The van der Waals surface area contributed by atoms with Crippen LogP contribution < -0.4 is 5.56 Å². The molecule has 0 amide bonds. The highest BCUT2D eigenvalue weighted by Gasteiger charge is 2.17. The molecule has 2 heterocycles. The van der Waals surface area contributed by atoms with Gasteiger partial charge in [0, 0.05) is 16.0 Å². The smallest absolute Gasteiger partial charge is 0.274 e. The van der Waals surface area contributed by atoms with Crippen LogP contribution in [0.4, 0.5) is 0 Å². The second-order valence-corrected chi connectivity index (χ2v) is 7.25. The third-order valence-electron chi connectivity index (χ3n) is 4.23. The van der Waals surface area contributed by atoms with Crippen LogP contribution in [-0.4, -0.2) is 14.9 Å². The maximum atomic E-state index is 12.9. The Morgan fingerprint density at radius 3 is 2.50 bits per heavy atom. The van der Waals surface area contributed by atoms with Crippen molar-refractivity contribution in [2.45, 2.75) is 12.6 Å². The number of hydrogen-bond donors (Lipinski definition) is 1. The lowest BCUT2D eigenvalue weighted by molar-refractivity contribution is 0.150. The van der Waals surface area contributed by atoms with Gasteiger partial charge in [-0.05, 0) is 23.6 Å². The van der Waals surface area contributed by atoms with E-state index in [4.69, 9.17) is 11.6 Å². The average molecular weight is 383 g/mol. The molecule has 4 nitrogen and oxygen atoms in total. The number of hydrogen-bond acceptors (Lipinski definition) is 4. The molecule has 0 aliphatic rings. The van der Waals surface area contributed by atoms with Crippen molar-refractivity contribution in [3.8, 4) is 10.6 Å². The van der Waals surface area contributed by atoms with Gasteiger partial charge in [0.05, 0.1) is 16.8 Å². The predicted molar refractivity (Wildman–Crippen MR) is 106 cm³/mol. The van der Waals surface area contributed by atoms with Crippen molar-refractivity contribution < 1.29 is 5.11 Å². The first-order chi connectivity index (χ1) is 12.6. The third-order valence-corrected chi connectivity index (χ3v) is 5.45. The number of halogens is 1.